The molecule has 0 radical (unpaired) electrons. The van der Waals surface area contributed by atoms with Gasteiger partial charge in [0.1, 0.15) is 11.6 Å². The normalized spacial score (nSPS) is 10.5. The van der Waals surface area contributed by atoms with E-state index in [1.54, 1.807) is 6.07 Å². The molecule has 0 saturated carbocycles. The van der Waals surface area contributed by atoms with Gasteiger partial charge >= 0.3 is 0 Å². The number of aromatic nitrogens is 2. The van der Waals surface area contributed by atoms with E-state index in [-0.39, 0.29) is 5.82 Å². The van der Waals surface area contributed by atoms with Gasteiger partial charge in [0, 0.05) is 25.4 Å². The van der Waals surface area contributed by atoms with Gasteiger partial charge in [-0.15, -0.1) is 0 Å². The lowest BCUT2D eigenvalue weighted by molar-refractivity contribution is 0.604. The van der Waals surface area contributed by atoms with Gasteiger partial charge in [-0.3, -0.25) is 4.68 Å². The van der Waals surface area contributed by atoms with E-state index in [0.29, 0.717) is 6.54 Å². The lowest BCUT2D eigenvalue weighted by Crippen LogP contribution is -2.02. The van der Waals surface area contributed by atoms with Crippen LogP contribution < -0.4 is 5.32 Å². The molecule has 0 aliphatic heterocycles. The van der Waals surface area contributed by atoms with Gasteiger partial charge < -0.3 is 5.32 Å². The Morgan fingerprint density at radius 2 is 2.24 bits per heavy atom. The third-order valence-corrected chi connectivity index (χ3v) is 2.46. The van der Waals surface area contributed by atoms with Gasteiger partial charge in [0.05, 0.1) is 0 Å². The van der Waals surface area contributed by atoms with Crippen molar-refractivity contribution in [2.45, 2.75) is 26.4 Å². The van der Waals surface area contributed by atoms with Gasteiger partial charge in [0.2, 0.25) is 0 Å². The first-order valence-electron chi connectivity index (χ1n) is 5.79. The first-order chi connectivity index (χ1) is 8.28. The quantitative estimate of drug-likeness (QED) is 0.860. The summed E-state index contributed by atoms with van der Waals surface area (Å²) in [4.78, 5) is 0. The van der Waals surface area contributed by atoms with Crippen molar-refractivity contribution in [2.24, 2.45) is 0 Å². The van der Waals surface area contributed by atoms with Crippen LogP contribution in [-0.2, 0) is 13.1 Å². The van der Waals surface area contributed by atoms with Crippen molar-refractivity contribution < 1.29 is 4.39 Å². The van der Waals surface area contributed by atoms with Gasteiger partial charge in [-0.25, -0.2) is 4.39 Å². The summed E-state index contributed by atoms with van der Waals surface area (Å²) in [5, 5.41) is 7.52. The maximum Gasteiger partial charge on any atom is 0.148 e. The van der Waals surface area contributed by atoms with Crippen LogP contribution in [0.3, 0.4) is 0 Å². The molecule has 0 aliphatic rings. The van der Waals surface area contributed by atoms with Crippen molar-refractivity contribution in [3.63, 3.8) is 0 Å². The maximum atomic E-state index is 12.9. The molecule has 3 nitrogen and oxygen atoms in total. The second kappa shape index (κ2) is 5.48. The minimum absolute atomic E-state index is 0.208. The Bertz CT molecular complexity index is 479. The fourth-order valence-electron chi connectivity index (χ4n) is 1.65. The SMILES string of the molecule is CCCn1ccc(NCc2cccc(F)c2)n1. The molecule has 0 saturated heterocycles. The standard InChI is InChI=1S/C13H16FN3/c1-2-7-17-8-6-13(16-17)15-10-11-4-3-5-12(14)9-11/h3-6,8-9H,2,7,10H2,1H3,(H,15,16). The third-order valence-electron chi connectivity index (χ3n) is 2.46. The summed E-state index contributed by atoms with van der Waals surface area (Å²) in [6.45, 7) is 3.62. The highest BCUT2D eigenvalue weighted by Crippen LogP contribution is 2.08. The predicted molar refractivity (Wildman–Crippen MR) is 66.2 cm³/mol. The zero-order chi connectivity index (χ0) is 12.1. The van der Waals surface area contributed by atoms with E-state index in [1.807, 2.05) is 23.0 Å². The lowest BCUT2D eigenvalue weighted by Gasteiger charge is -2.03. The smallest absolute Gasteiger partial charge is 0.148 e. The van der Waals surface area contributed by atoms with E-state index in [2.05, 4.69) is 17.3 Å². The fourth-order valence-corrected chi connectivity index (χ4v) is 1.65. The summed E-state index contributed by atoms with van der Waals surface area (Å²) >= 11 is 0. The average Bonchev–Trinajstić information content (AvgIpc) is 2.75. The van der Waals surface area contributed by atoms with Crippen LogP contribution in [0.1, 0.15) is 18.9 Å². The minimum Gasteiger partial charge on any atom is -0.365 e. The number of hydrogen-bond donors (Lipinski definition) is 1. The Balaban J connectivity index is 1.93. The molecule has 2 aromatic rings. The van der Waals surface area contributed by atoms with Crippen LogP contribution in [0, 0.1) is 5.82 Å². The van der Waals surface area contributed by atoms with Crippen molar-refractivity contribution in [1.29, 1.82) is 0 Å². The minimum atomic E-state index is -0.208. The lowest BCUT2D eigenvalue weighted by atomic mass is 10.2. The summed E-state index contributed by atoms with van der Waals surface area (Å²) in [6, 6.07) is 8.49. The molecule has 0 fully saturated rings. The van der Waals surface area contributed by atoms with Crippen molar-refractivity contribution in [1.82, 2.24) is 9.78 Å². The monoisotopic (exact) mass is 233 g/mol. The molecule has 1 N–H and O–H groups in total. The van der Waals surface area contributed by atoms with Gasteiger partial charge in [0.25, 0.3) is 0 Å². The number of nitrogens with zero attached hydrogens (tertiary/aromatic N) is 2. The molecule has 0 amide bonds. The number of aryl methyl sites for hydroxylation is 1. The number of hydrogen-bond acceptors (Lipinski definition) is 2. The summed E-state index contributed by atoms with van der Waals surface area (Å²) in [5.74, 6) is 0.614. The van der Waals surface area contributed by atoms with Crippen LogP contribution in [0.25, 0.3) is 0 Å². The summed E-state index contributed by atoms with van der Waals surface area (Å²) in [6.07, 6.45) is 3.00. The van der Waals surface area contributed by atoms with Crippen LogP contribution in [0.15, 0.2) is 36.5 Å². The molecular weight excluding hydrogens is 217 g/mol. The molecule has 1 heterocycles. The van der Waals surface area contributed by atoms with Crippen molar-refractivity contribution >= 4 is 5.82 Å². The first-order valence-corrected chi connectivity index (χ1v) is 5.79. The Morgan fingerprint density at radius 1 is 1.35 bits per heavy atom. The molecule has 90 valence electrons. The molecule has 0 bridgehead atoms. The summed E-state index contributed by atoms with van der Waals surface area (Å²) in [5.41, 5.74) is 0.912. The van der Waals surface area contributed by atoms with Crippen molar-refractivity contribution in [2.75, 3.05) is 5.32 Å². The van der Waals surface area contributed by atoms with E-state index >= 15 is 0 Å². The van der Waals surface area contributed by atoms with Gasteiger partial charge in [-0.2, -0.15) is 5.10 Å². The maximum absolute atomic E-state index is 12.9. The van der Waals surface area contributed by atoms with E-state index in [0.717, 1.165) is 24.3 Å². The van der Waals surface area contributed by atoms with Gasteiger partial charge in [0.15, 0.2) is 0 Å². The molecule has 0 spiro atoms. The molecule has 4 heteroatoms. The molecule has 2 rings (SSSR count). The number of anilines is 1. The molecule has 1 aromatic heterocycles. The Morgan fingerprint density at radius 3 is 3.00 bits per heavy atom. The van der Waals surface area contributed by atoms with Crippen LogP contribution in [-0.4, -0.2) is 9.78 Å². The predicted octanol–water partition coefficient (Wildman–Crippen LogP) is 3.04. The Kier molecular flexibility index (Phi) is 3.75. The van der Waals surface area contributed by atoms with Gasteiger partial charge in [-0.05, 0) is 24.1 Å². The Labute approximate surface area is 100 Å². The summed E-state index contributed by atoms with van der Waals surface area (Å²) in [7, 11) is 0. The largest absolute Gasteiger partial charge is 0.365 e. The highest BCUT2D eigenvalue weighted by atomic mass is 19.1. The molecule has 0 aliphatic carbocycles. The molecule has 1 aromatic carbocycles. The van der Waals surface area contributed by atoms with Crippen LogP contribution >= 0.6 is 0 Å². The highest BCUT2D eigenvalue weighted by molar-refractivity contribution is 5.33. The zero-order valence-electron chi connectivity index (χ0n) is 9.86. The number of halogens is 1. The van der Waals surface area contributed by atoms with Crippen molar-refractivity contribution in [3.8, 4) is 0 Å². The van der Waals surface area contributed by atoms with Crippen molar-refractivity contribution in [3.05, 3.63) is 47.9 Å². The van der Waals surface area contributed by atoms with E-state index < -0.39 is 0 Å². The molecular formula is C13H16FN3. The van der Waals surface area contributed by atoms with Crippen LogP contribution in [0.2, 0.25) is 0 Å². The third kappa shape index (κ3) is 3.31. The zero-order valence-corrected chi connectivity index (χ0v) is 9.86. The number of benzene rings is 1. The second-order valence-corrected chi connectivity index (χ2v) is 3.95. The first kappa shape index (κ1) is 11.6. The number of rotatable bonds is 5. The molecule has 0 atom stereocenters. The fraction of sp³-hybridized carbons (Fsp3) is 0.308. The summed E-state index contributed by atoms with van der Waals surface area (Å²) < 4.78 is 14.8. The van der Waals surface area contributed by atoms with E-state index in [4.69, 9.17) is 0 Å². The topological polar surface area (TPSA) is 29.9 Å². The molecule has 0 unspecified atom stereocenters. The van der Waals surface area contributed by atoms with Gasteiger partial charge in [-0.1, -0.05) is 19.1 Å². The second-order valence-electron chi connectivity index (χ2n) is 3.95. The Hall–Kier alpha value is -1.84. The average molecular weight is 233 g/mol. The van der Waals surface area contributed by atoms with E-state index in [9.17, 15) is 4.39 Å². The van der Waals surface area contributed by atoms with E-state index in [1.165, 1.54) is 12.1 Å². The van der Waals surface area contributed by atoms with Crippen LogP contribution in [0.4, 0.5) is 10.2 Å². The van der Waals surface area contributed by atoms with Crippen LogP contribution in [0.5, 0.6) is 0 Å². The number of nitrogens with one attached hydrogen (secondary N) is 1. The highest BCUT2D eigenvalue weighted by Gasteiger charge is 1.99. The molecule has 17 heavy (non-hydrogen) atoms.